The minimum absolute atomic E-state index is 0.0579. The molecule has 0 aliphatic heterocycles. The topological polar surface area (TPSA) is 37.3 Å². The van der Waals surface area contributed by atoms with E-state index in [1.807, 2.05) is 0 Å². The quantitative estimate of drug-likeness (QED) is 0.802. The maximum absolute atomic E-state index is 12.6. The number of halogens is 5. The van der Waals surface area contributed by atoms with E-state index in [1.165, 1.54) is 0 Å². The number of aromatic carboxylic acids is 1. The van der Waals surface area contributed by atoms with Crippen molar-refractivity contribution in [3.8, 4) is 0 Å². The highest BCUT2D eigenvalue weighted by molar-refractivity contribution is 9.24. The van der Waals surface area contributed by atoms with Gasteiger partial charge in [-0.25, -0.2) is 4.79 Å². The van der Waals surface area contributed by atoms with Crippen molar-refractivity contribution in [1.82, 2.24) is 0 Å². The van der Waals surface area contributed by atoms with E-state index in [4.69, 9.17) is 5.11 Å². The molecule has 0 spiro atoms. The van der Waals surface area contributed by atoms with Gasteiger partial charge in [0.25, 0.3) is 0 Å². The Kier molecular flexibility index (Phi) is 4.01. The van der Waals surface area contributed by atoms with Crippen LogP contribution in [-0.4, -0.2) is 11.1 Å². The molecule has 1 aromatic carbocycles. The molecule has 0 unspecified atom stereocenters. The van der Waals surface area contributed by atoms with Gasteiger partial charge in [0.1, 0.15) is 0 Å². The fourth-order valence-corrected chi connectivity index (χ4v) is 1.92. The molecule has 0 aliphatic rings. The Bertz CT molecular complexity index is 416. The second-order valence-corrected chi connectivity index (χ2v) is 5.97. The number of rotatable bonds is 2. The smallest absolute Gasteiger partial charge is 0.416 e. The maximum Gasteiger partial charge on any atom is 0.416 e. The summed E-state index contributed by atoms with van der Waals surface area (Å²) in [5, 5.41) is 8.61. The molecule has 0 aromatic heterocycles. The molecular weight excluding hydrogens is 357 g/mol. The van der Waals surface area contributed by atoms with Crippen LogP contribution in [0.4, 0.5) is 13.2 Å². The molecule has 0 radical (unpaired) electrons. The Labute approximate surface area is 106 Å². The first kappa shape index (κ1) is 13.5. The molecule has 1 N–H and O–H groups in total. The number of carbonyl (C=O) groups is 1. The zero-order valence-corrected chi connectivity index (χ0v) is 10.7. The lowest BCUT2D eigenvalue weighted by molar-refractivity contribution is -0.138. The van der Waals surface area contributed by atoms with Crippen molar-refractivity contribution in [2.75, 3.05) is 0 Å². The van der Waals surface area contributed by atoms with E-state index in [9.17, 15) is 18.0 Å². The van der Waals surface area contributed by atoms with E-state index >= 15 is 0 Å². The van der Waals surface area contributed by atoms with Gasteiger partial charge in [-0.15, -0.1) is 0 Å². The van der Waals surface area contributed by atoms with Gasteiger partial charge >= 0.3 is 12.1 Å². The van der Waals surface area contributed by atoms with Crippen molar-refractivity contribution in [3.05, 3.63) is 34.9 Å². The Morgan fingerprint density at radius 2 is 1.88 bits per heavy atom. The number of alkyl halides is 5. The summed E-state index contributed by atoms with van der Waals surface area (Å²) in [5.41, 5.74) is -1.42. The first-order valence-corrected chi connectivity index (χ1v) is 5.79. The Hall–Kier alpha value is -0.560. The van der Waals surface area contributed by atoms with Crippen molar-refractivity contribution in [2.45, 2.75) is 9.91 Å². The highest BCUT2D eigenvalue weighted by Crippen LogP contribution is 2.40. The summed E-state index contributed by atoms with van der Waals surface area (Å²) in [4.78, 5) is 10.6. The third-order valence-corrected chi connectivity index (χ3v) is 2.83. The maximum atomic E-state index is 12.6. The summed E-state index contributed by atoms with van der Waals surface area (Å²) in [6, 6.07) is 2.87. The fourth-order valence-electron chi connectivity index (χ4n) is 1.13. The van der Waals surface area contributed by atoms with Crippen LogP contribution >= 0.6 is 31.9 Å². The van der Waals surface area contributed by atoms with Gasteiger partial charge in [0.2, 0.25) is 0 Å². The molecule has 0 atom stereocenters. The zero-order valence-electron chi connectivity index (χ0n) is 7.55. The van der Waals surface area contributed by atoms with Crippen molar-refractivity contribution in [1.29, 1.82) is 0 Å². The molecule has 0 saturated heterocycles. The molecular formula is C9H5Br2F3O2. The highest BCUT2D eigenvalue weighted by Gasteiger charge is 2.35. The van der Waals surface area contributed by atoms with Gasteiger partial charge in [-0.1, -0.05) is 37.9 Å². The lowest BCUT2D eigenvalue weighted by Crippen LogP contribution is -2.11. The molecule has 1 aromatic rings. The monoisotopic (exact) mass is 360 g/mol. The van der Waals surface area contributed by atoms with Gasteiger partial charge in [-0.3, -0.25) is 0 Å². The van der Waals surface area contributed by atoms with E-state index in [0.29, 0.717) is 6.07 Å². The van der Waals surface area contributed by atoms with Crippen LogP contribution in [-0.2, 0) is 6.18 Å². The van der Waals surface area contributed by atoms with Crippen LogP contribution in [0.2, 0.25) is 0 Å². The van der Waals surface area contributed by atoms with E-state index < -0.39 is 27.0 Å². The standard InChI is InChI=1S/C9H5Br2F3O2/c10-7(11)5-2-1-4(8(15)16)3-6(5)9(12,13)14/h1-3,7H,(H,15,16). The molecule has 2 nitrogen and oxygen atoms in total. The van der Waals surface area contributed by atoms with Crippen LogP contribution in [0, 0.1) is 0 Å². The van der Waals surface area contributed by atoms with Crippen LogP contribution in [0.5, 0.6) is 0 Å². The average Bonchev–Trinajstić information content (AvgIpc) is 2.15. The molecule has 0 saturated carbocycles. The van der Waals surface area contributed by atoms with Crippen LogP contribution in [0.25, 0.3) is 0 Å². The number of hydrogen-bond donors (Lipinski definition) is 1. The van der Waals surface area contributed by atoms with Crippen molar-refractivity contribution < 1.29 is 23.1 Å². The number of hydrogen-bond acceptors (Lipinski definition) is 1. The van der Waals surface area contributed by atoms with Gasteiger partial charge in [-0.05, 0) is 17.7 Å². The molecule has 0 aliphatic carbocycles. The summed E-state index contributed by atoms with van der Waals surface area (Å²) in [6.07, 6.45) is -4.58. The first-order valence-electron chi connectivity index (χ1n) is 3.96. The molecule has 1 rings (SSSR count). The third kappa shape index (κ3) is 2.98. The SMILES string of the molecule is O=C(O)c1ccc(C(Br)Br)c(C(F)(F)F)c1. The van der Waals surface area contributed by atoms with Crippen LogP contribution in [0.15, 0.2) is 18.2 Å². The Morgan fingerprint density at radius 1 is 1.31 bits per heavy atom. The number of benzene rings is 1. The first-order chi connectivity index (χ1) is 7.23. The summed E-state index contributed by atoms with van der Waals surface area (Å²) in [7, 11) is 0. The third-order valence-electron chi connectivity index (χ3n) is 1.84. The molecule has 88 valence electrons. The Morgan fingerprint density at radius 3 is 2.25 bits per heavy atom. The molecule has 0 bridgehead atoms. The van der Waals surface area contributed by atoms with Crippen molar-refractivity contribution in [3.63, 3.8) is 0 Å². The van der Waals surface area contributed by atoms with Gasteiger partial charge in [-0.2, -0.15) is 13.2 Å². The van der Waals surface area contributed by atoms with Crippen LogP contribution in [0.1, 0.15) is 25.2 Å². The van der Waals surface area contributed by atoms with Gasteiger partial charge in [0, 0.05) is 0 Å². The number of carboxylic acid groups (broad SMARTS) is 1. The van der Waals surface area contributed by atoms with Gasteiger partial charge < -0.3 is 5.11 Å². The molecule has 0 fully saturated rings. The fraction of sp³-hybridized carbons (Fsp3) is 0.222. The summed E-state index contributed by atoms with van der Waals surface area (Å²) >= 11 is 5.91. The molecule has 0 amide bonds. The summed E-state index contributed by atoms with van der Waals surface area (Å²) in [6.45, 7) is 0. The number of carboxylic acids is 1. The van der Waals surface area contributed by atoms with Crippen LogP contribution < -0.4 is 0 Å². The minimum Gasteiger partial charge on any atom is -0.478 e. The lowest BCUT2D eigenvalue weighted by atomic mass is 10.0. The largest absolute Gasteiger partial charge is 0.478 e. The van der Waals surface area contributed by atoms with Crippen LogP contribution in [0.3, 0.4) is 0 Å². The molecule has 0 heterocycles. The predicted molar refractivity (Wildman–Crippen MR) is 59.0 cm³/mol. The molecule has 7 heteroatoms. The zero-order chi connectivity index (χ0) is 12.5. The second kappa shape index (κ2) is 4.75. The van der Waals surface area contributed by atoms with Crippen molar-refractivity contribution >= 4 is 37.8 Å². The lowest BCUT2D eigenvalue weighted by Gasteiger charge is -2.14. The van der Waals surface area contributed by atoms with Crippen molar-refractivity contribution in [2.24, 2.45) is 0 Å². The highest BCUT2D eigenvalue weighted by atomic mass is 79.9. The second-order valence-electron chi connectivity index (χ2n) is 2.91. The van der Waals surface area contributed by atoms with E-state index in [1.54, 1.807) is 0 Å². The average molecular weight is 362 g/mol. The summed E-state index contributed by atoms with van der Waals surface area (Å²) < 4.78 is 37.2. The van der Waals surface area contributed by atoms with E-state index in [2.05, 4.69) is 31.9 Å². The Balaban J connectivity index is 3.39. The molecule has 16 heavy (non-hydrogen) atoms. The van der Waals surface area contributed by atoms with Gasteiger partial charge in [0.15, 0.2) is 0 Å². The summed E-state index contributed by atoms with van der Waals surface area (Å²) in [5.74, 6) is -1.39. The minimum atomic E-state index is -4.58. The van der Waals surface area contributed by atoms with E-state index in [-0.39, 0.29) is 5.56 Å². The van der Waals surface area contributed by atoms with E-state index in [0.717, 1.165) is 12.1 Å². The normalized spacial score (nSPS) is 11.9. The van der Waals surface area contributed by atoms with Gasteiger partial charge in [0.05, 0.1) is 14.9 Å². The predicted octanol–water partition coefficient (Wildman–Crippen LogP) is 4.19.